The van der Waals surface area contributed by atoms with Crippen molar-refractivity contribution >= 4 is 0 Å². The number of methoxy groups -OCH3 is 1. The zero-order valence-electron chi connectivity index (χ0n) is 9.88. The minimum Gasteiger partial charge on any atom is -0.497 e. The maximum Gasteiger partial charge on any atom is 0.198 e. The van der Waals surface area contributed by atoms with E-state index in [1.165, 1.54) is 6.26 Å². The molecule has 2 rings (SSSR count). The van der Waals surface area contributed by atoms with Gasteiger partial charge in [-0.05, 0) is 24.6 Å². The Labute approximate surface area is 99.9 Å². The molecular weight excluding hydrogens is 218 g/mol. The van der Waals surface area contributed by atoms with Crippen LogP contribution < -0.4 is 4.74 Å². The van der Waals surface area contributed by atoms with Crippen LogP contribution in [0.4, 0.5) is 0 Å². The molecule has 1 aromatic heterocycles. The van der Waals surface area contributed by atoms with Gasteiger partial charge in [0, 0.05) is 6.42 Å². The molecule has 1 unspecified atom stereocenters. The van der Waals surface area contributed by atoms with Crippen molar-refractivity contribution in [2.45, 2.75) is 19.4 Å². The summed E-state index contributed by atoms with van der Waals surface area (Å²) < 4.78 is 10.4. The van der Waals surface area contributed by atoms with Crippen LogP contribution in [0.15, 0.2) is 34.9 Å². The smallest absolute Gasteiger partial charge is 0.198 e. The summed E-state index contributed by atoms with van der Waals surface area (Å²) in [7, 11) is 1.64. The first kappa shape index (κ1) is 11.7. The number of nitrogens with zero attached hydrogens (tertiary/aromatic N) is 1. The molecule has 1 N–H and O–H groups in total. The maximum atomic E-state index is 9.33. The molecule has 0 radical (unpaired) electrons. The largest absolute Gasteiger partial charge is 0.497 e. The van der Waals surface area contributed by atoms with E-state index in [1.54, 1.807) is 14.0 Å². The molecular formula is C13H15NO3. The second-order valence-electron chi connectivity index (χ2n) is 3.87. The van der Waals surface area contributed by atoms with Gasteiger partial charge in [0.15, 0.2) is 5.89 Å². The minimum atomic E-state index is -0.594. The highest BCUT2D eigenvalue weighted by Gasteiger charge is 2.08. The van der Waals surface area contributed by atoms with Gasteiger partial charge in [0.25, 0.3) is 0 Å². The third kappa shape index (κ3) is 2.85. The summed E-state index contributed by atoms with van der Waals surface area (Å²) in [5, 5.41) is 9.33. The molecule has 17 heavy (non-hydrogen) atoms. The van der Waals surface area contributed by atoms with Crippen LogP contribution in [-0.4, -0.2) is 17.2 Å². The lowest BCUT2D eigenvalue weighted by Gasteiger charge is -2.01. The second kappa shape index (κ2) is 5.01. The highest BCUT2D eigenvalue weighted by atomic mass is 16.5. The average Bonchev–Trinajstić information content (AvgIpc) is 2.79. The van der Waals surface area contributed by atoms with E-state index in [4.69, 9.17) is 9.15 Å². The van der Waals surface area contributed by atoms with Crippen molar-refractivity contribution in [1.82, 2.24) is 4.98 Å². The molecule has 0 aliphatic rings. The molecule has 1 aromatic carbocycles. The quantitative estimate of drug-likeness (QED) is 0.880. The zero-order chi connectivity index (χ0) is 12.3. The molecule has 0 saturated carbocycles. The van der Waals surface area contributed by atoms with Crippen molar-refractivity contribution in [3.05, 3.63) is 47.7 Å². The van der Waals surface area contributed by atoms with Crippen LogP contribution in [-0.2, 0) is 6.42 Å². The van der Waals surface area contributed by atoms with Crippen molar-refractivity contribution in [3.8, 4) is 5.75 Å². The number of aliphatic hydroxyl groups is 1. The van der Waals surface area contributed by atoms with Crippen LogP contribution in [0.25, 0.3) is 0 Å². The van der Waals surface area contributed by atoms with E-state index < -0.39 is 6.10 Å². The Kier molecular flexibility index (Phi) is 3.44. The Bertz CT molecular complexity index is 474. The topological polar surface area (TPSA) is 55.5 Å². The van der Waals surface area contributed by atoms with Crippen LogP contribution in [0, 0.1) is 0 Å². The van der Waals surface area contributed by atoms with Crippen LogP contribution in [0.1, 0.15) is 30.2 Å². The number of aliphatic hydroxyl groups excluding tert-OH is 1. The first-order valence-electron chi connectivity index (χ1n) is 5.44. The molecule has 2 aromatic rings. The van der Waals surface area contributed by atoms with E-state index in [-0.39, 0.29) is 0 Å². The fourth-order valence-corrected chi connectivity index (χ4v) is 1.52. The van der Waals surface area contributed by atoms with E-state index in [9.17, 15) is 5.11 Å². The number of benzene rings is 1. The normalized spacial score (nSPS) is 12.4. The molecule has 0 saturated heterocycles. The van der Waals surface area contributed by atoms with Gasteiger partial charge in [-0.1, -0.05) is 12.1 Å². The molecule has 0 amide bonds. The van der Waals surface area contributed by atoms with Gasteiger partial charge in [-0.3, -0.25) is 0 Å². The summed E-state index contributed by atoms with van der Waals surface area (Å²) >= 11 is 0. The fraction of sp³-hybridized carbons (Fsp3) is 0.308. The van der Waals surface area contributed by atoms with Gasteiger partial charge in [0.1, 0.15) is 17.7 Å². The summed E-state index contributed by atoms with van der Waals surface area (Å²) in [4.78, 5) is 4.20. The van der Waals surface area contributed by atoms with Crippen LogP contribution in [0.3, 0.4) is 0 Å². The molecule has 0 spiro atoms. The van der Waals surface area contributed by atoms with Crippen LogP contribution in [0.2, 0.25) is 0 Å². The Morgan fingerprint density at radius 1 is 1.35 bits per heavy atom. The molecule has 0 bridgehead atoms. The lowest BCUT2D eigenvalue weighted by molar-refractivity contribution is 0.194. The first-order valence-corrected chi connectivity index (χ1v) is 5.44. The third-order valence-electron chi connectivity index (χ3n) is 2.51. The lowest BCUT2D eigenvalue weighted by atomic mass is 10.1. The summed E-state index contributed by atoms with van der Waals surface area (Å²) in [5.74, 6) is 1.43. The Morgan fingerprint density at radius 2 is 2.06 bits per heavy atom. The molecule has 0 aliphatic heterocycles. The minimum absolute atomic E-state index is 0.563. The van der Waals surface area contributed by atoms with Crippen LogP contribution in [0.5, 0.6) is 5.75 Å². The van der Waals surface area contributed by atoms with Crippen LogP contribution >= 0.6 is 0 Å². The Hall–Kier alpha value is -1.81. The highest BCUT2D eigenvalue weighted by Crippen LogP contribution is 2.16. The Morgan fingerprint density at radius 3 is 2.59 bits per heavy atom. The van der Waals surface area contributed by atoms with Gasteiger partial charge < -0.3 is 14.3 Å². The van der Waals surface area contributed by atoms with Gasteiger partial charge in [0.2, 0.25) is 0 Å². The van der Waals surface area contributed by atoms with E-state index in [0.717, 1.165) is 11.3 Å². The van der Waals surface area contributed by atoms with Crippen molar-refractivity contribution < 1.29 is 14.3 Å². The zero-order valence-corrected chi connectivity index (χ0v) is 9.88. The first-order chi connectivity index (χ1) is 8.19. The van der Waals surface area contributed by atoms with Gasteiger partial charge in [-0.15, -0.1) is 0 Å². The molecule has 1 heterocycles. The number of oxazole rings is 1. The van der Waals surface area contributed by atoms with Gasteiger partial charge in [-0.2, -0.15) is 0 Å². The maximum absolute atomic E-state index is 9.33. The monoisotopic (exact) mass is 233 g/mol. The Balaban J connectivity index is 2.08. The van der Waals surface area contributed by atoms with Crippen molar-refractivity contribution in [2.24, 2.45) is 0 Å². The molecule has 4 nitrogen and oxygen atoms in total. The predicted octanol–water partition coefficient (Wildman–Crippen LogP) is 2.33. The van der Waals surface area contributed by atoms with Crippen molar-refractivity contribution in [2.75, 3.05) is 7.11 Å². The number of aromatic nitrogens is 1. The van der Waals surface area contributed by atoms with Gasteiger partial charge in [-0.25, -0.2) is 4.98 Å². The van der Waals surface area contributed by atoms with Gasteiger partial charge in [0.05, 0.1) is 13.2 Å². The standard InChI is InChI=1S/C13H15NO3/c1-9(15)12-8-17-13(14-12)7-10-3-5-11(16-2)6-4-10/h3-6,8-9,15H,7H2,1-2H3. The van der Waals surface area contributed by atoms with Crippen molar-refractivity contribution in [3.63, 3.8) is 0 Å². The second-order valence-corrected chi connectivity index (χ2v) is 3.87. The summed E-state index contributed by atoms with van der Waals surface area (Å²) in [5.41, 5.74) is 1.65. The molecule has 90 valence electrons. The molecule has 1 atom stereocenters. The predicted molar refractivity (Wildman–Crippen MR) is 62.9 cm³/mol. The lowest BCUT2D eigenvalue weighted by Crippen LogP contribution is -1.93. The average molecular weight is 233 g/mol. The summed E-state index contributed by atoms with van der Waals surface area (Å²) in [6.45, 7) is 1.66. The SMILES string of the molecule is COc1ccc(Cc2nc(C(C)O)co2)cc1. The van der Waals surface area contributed by atoms with Gasteiger partial charge >= 0.3 is 0 Å². The highest BCUT2D eigenvalue weighted by molar-refractivity contribution is 5.28. The molecule has 0 aliphatic carbocycles. The van der Waals surface area contributed by atoms with Crippen molar-refractivity contribution in [1.29, 1.82) is 0 Å². The summed E-state index contributed by atoms with van der Waals surface area (Å²) in [6, 6.07) is 7.72. The van der Waals surface area contributed by atoms with E-state index in [1.807, 2.05) is 24.3 Å². The number of hydrogen-bond donors (Lipinski definition) is 1. The summed E-state index contributed by atoms with van der Waals surface area (Å²) in [6.07, 6.45) is 1.50. The number of hydrogen-bond acceptors (Lipinski definition) is 4. The van der Waals surface area contributed by atoms with E-state index in [0.29, 0.717) is 18.0 Å². The fourth-order valence-electron chi connectivity index (χ4n) is 1.52. The van der Waals surface area contributed by atoms with E-state index >= 15 is 0 Å². The number of rotatable bonds is 4. The molecule has 0 fully saturated rings. The third-order valence-corrected chi connectivity index (χ3v) is 2.51. The number of ether oxygens (including phenoxy) is 1. The van der Waals surface area contributed by atoms with E-state index in [2.05, 4.69) is 4.98 Å². The molecule has 4 heteroatoms.